The molecule has 0 atom stereocenters. The van der Waals surface area contributed by atoms with Crippen molar-refractivity contribution in [3.8, 4) is 22.3 Å². The van der Waals surface area contributed by atoms with Gasteiger partial charge >= 0.3 is 0 Å². The average Bonchev–Trinajstić information content (AvgIpc) is 4.07. The molecule has 2 aromatic heterocycles. The van der Waals surface area contributed by atoms with Crippen molar-refractivity contribution in [3.63, 3.8) is 0 Å². The van der Waals surface area contributed by atoms with E-state index < -0.39 is 5.41 Å². The SMILES string of the molecule is CC1(C)c2ccccc2N(c2cccc3c2oc2c4c(ccc23)C2(c3ccccc3-c3ccccc32)c2ccc3c5c(ccc-4c25)CC3)c2ccc3c(oc4ccccc43)c21. The molecule has 0 saturated carbocycles. The van der Waals surface area contributed by atoms with Crippen LogP contribution in [0.1, 0.15) is 58.4 Å². The summed E-state index contributed by atoms with van der Waals surface area (Å²) in [7, 11) is 0. The first-order valence-corrected chi connectivity index (χ1v) is 21.6. The minimum atomic E-state index is -0.500. The van der Waals surface area contributed by atoms with Gasteiger partial charge in [-0.25, -0.2) is 0 Å². The van der Waals surface area contributed by atoms with Crippen LogP contribution in [0, 0.1) is 0 Å². The van der Waals surface area contributed by atoms with Gasteiger partial charge in [-0.05, 0) is 110 Å². The summed E-state index contributed by atoms with van der Waals surface area (Å²) < 4.78 is 14.4. The van der Waals surface area contributed by atoms with Crippen molar-refractivity contribution in [1.82, 2.24) is 0 Å². The normalized spacial score (nSPS) is 15.8. The zero-order valence-corrected chi connectivity index (χ0v) is 33.8. The van der Waals surface area contributed by atoms with Crippen LogP contribution < -0.4 is 4.90 Å². The molecule has 0 N–H and O–H groups in total. The zero-order valence-electron chi connectivity index (χ0n) is 33.8. The first kappa shape index (κ1) is 32.5. The van der Waals surface area contributed by atoms with E-state index in [9.17, 15) is 0 Å². The fourth-order valence-electron chi connectivity index (χ4n) is 12.7. The Bertz CT molecular complexity index is 3760. The number of rotatable bonds is 1. The lowest BCUT2D eigenvalue weighted by Gasteiger charge is -2.41. The first-order chi connectivity index (χ1) is 30.0. The van der Waals surface area contributed by atoms with E-state index in [-0.39, 0.29) is 5.41 Å². The van der Waals surface area contributed by atoms with Gasteiger partial charge < -0.3 is 13.7 Å². The Kier molecular flexibility index (Phi) is 5.79. The van der Waals surface area contributed by atoms with Crippen LogP contribution in [-0.2, 0) is 23.7 Å². The molecule has 0 amide bonds. The van der Waals surface area contributed by atoms with E-state index in [0.717, 1.165) is 73.8 Å². The maximum Gasteiger partial charge on any atom is 0.159 e. The van der Waals surface area contributed by atoms with Crippen molar-refractivity contribution < 1.29 is 8.83 Å². The fraction of sp³-hybridized carbons (Fsp3) is 0.103. The Labute approximate surface area is 352 Å². The van der Waals surface area contributed by atoms with Crippen LogP contribution in [0.15, 0.2) is 173 Å². The summed E-state index contributed by atoms with van der Waals surface area (Å²) in [6, 6.07) is 61.2. The average molecular weight is 780 g/mol. The van der Waals surface area contributed by atoms with Crippen LogP contribution in [-0.4, -0.2) is 0 Å². The van der Waals surface area contributed by atoms with Crippen molar-refractivity contribution in [2.75, 3.05) is 4.90 Å². The summed E-state index contributed by atoms with van der Waals surface area (Å²) in [6.07, 6.45) is 2.16. The van der Waals surface area contributed by atoms with Crippen molar-refractivity contribution in [3.05, 3.63) is 208 Å². The van der Waals surface area contributed by atoms with Crippen molar-refractivity contribution in [1.29, 1.82) is 0 Å². The molecular weight excluding hydrogens is 743 g/mol. The minimum Gasteiger partial charge on any atom is -0.456 e. The van der Waals surface area contributed by atoms with E-state index in [1.54, 1.807) is 0 Å². The van der Waals surface area contributed by atoms with E-state index in [2.05, 4.69) is 183 Å². The number of hydrogen-bond acceptors (Lipinski definition) is 3. The topological polar surface area (TPSA) is 29.5 Å². The first-order valence-electron chi connectivity index (χ1n) is 21.6. The molecule has 0 fully saturated rings. The number of furan rings is 2. The molecule has 3 heteroatoms. The smallest absolute Gasteiger partial charge is 0.159 e. The summed E-state index contributed by atoms with van der Waals surface area (Å²) in [6.45, 7) is 4.67. The molecule has 1 aliphatic heterocycles. The second kappa shape index (κ2) is 10.9. The lowest BCUT2D eigenvalue weighted by atomic mass is 9.61. The molecule has 61 heavy (non-hydrogen) atoms. The molecule has 9 aromatic carbocycles. The van der Waals surface area contributed by atoms with Gasteiger partial charge in [-0.2, -0.15) is 0 Å². The zero-order chi connectivity index (χ0) is 39.9. The second-order valence-electron chi connectivity index (χ2n) is 18.2. The summed E-state index contributed by atoms with van der Waals surface area (Å²) >= 11 is 0. The van der Waals surface area contributed by atoms with Gasteiger partial charge in [0.15, 0.2) is 5.58 Å². The van der Waals surface area contributed by atoms with Gasteiger partial charge in [-0.1, -0.05) is 147 Å². The Morgan fingerprint density at radius 3 is 1.85 bits per heavy atom. The van der Waals surface area contributed by atoms with Crippen molar-refractivity contribution in [2.24, 2.45) is 0 Å². The van der Waals surface area contributed by atoms with E-state index in [4.69, 9.17) is 8.83 Å². The van der Waals surface area contributed by atoms with Crippen LogP contribution in [0.25, 0.3) is 76.9 Å². The molecule has 15 rings (SSSR count). The van der Waals surface area contributed by atoms with Gasteiger partial charge in [0.05, 0.1) is 22.5 Å². The Morgan fingerprint density at radius 1 is 0.410 bits per heavy atom. The number of nitrogens with zero attached hydrogens (tertiary/aromatic N) is 1. The summed E-state index contributed by atoms with van der Waals surface area (Å²) in [5.41, 5.74) is 22.0. The van der Waals surface area contributed by atoms with Crippen LogP contribution >= 0.6 is 0 Å². The molecule has 11 aromatic rings. The summed E-state index contributed by atoms with van der Waals surface area (Å²) in [5, 5.41) is 7.36. The molecule has 3 nitrogen and oxygen atoms in total. The number of hydrogen-bond donors (Lipinski definition) is 0. The third kappa shape index (κ3) is 3.68. The number of anilines is 3. The largest absolute Gasteiger partial charge is 0.456 e. The van der Waals surface area contributed by atoms with Crippen LogP contribution in [0.5, 0.6) is 0 Å². The summed E-state index contributed by atoms with van der Waals surface area (Å²) in [4.78, 5) is 2.43. The molecular formula is C58H37NO2. The van der Waals surface area contributed by atoms with E-state index in [1.807, 2.05) is 0 Å². The van der Waals surface area contributed by atoms with Gasteiger partial charge in [0.25, 0.3) is 0 Å². The predicted octanol–water partition coefficient (Wildman–Crippen LogP) is 15.2. The molecule has 0 radical (unpaired) electrons. The molecule has 3 heterocycles. The molecule has 3 aliphatic carbocycles. The summed E-state index contributed by atoms with van der Waals surface area (Å²) in [5.74, 6) is 0. The third-order valence-corrected chi connectivity index (χ3v) is 15.1. The molecule has 4 aliphatic rings. The highest BCUT2D eigenvalue weighted by Gasteiger charge is 2.51. The molecule has 0 saturated heterocycles. The molecule has 0 bridgehead atoms. The quantitative estimate of drug-likeness (QED) is 0.166. The van der Waals surface area contributed by atoms with Gasteiger partial charge in [0.1, 0.15) is 16.7 Å². The number of aryl methyl sites for hydroxylation is 2. The van der Waals surface area contributed by atoms with Crippen molar-refractivity contribution >= 4 is 71.7 Å². The second-order valence-corrected chi connectivity index (χ2v) is 18.2. The van der Waals surface area contributed by atoms with E-state index >= 15 is 0 Å². The van der Waals surface area contributed by atoms with Gasteiger partial charge in [0.2, 0.25) is 0 Å². The van der Waals surface area contributed by atoms with Crippen LogP contribution in [0.3, 0.4) is 0 Å². The maximum absolute atomic E-state index is 7.59. The lowest BCUT2D eigenvalue weighted by molar-refractivity contribution is 0.602. The Balaban J connectivity index is 1.07. The van der Waals surface area contributed by atoms with Crippen LogP contribution in [0.2, 0.25) is 0 Å². The minimum absolute atomic E-state index is 0.327. The third-order valence-electron chi connectivity index (χ3n) is 15.1. The molecule has 0 unspecified atom stereocenters. The molecule has 286 valence electrons. The molecule has 1 spiro atoms. The van der Waals surface area contributed by atoms with Crippen molar-refractivity contribution in [2.45, 2.75) is 37.5 Å². The van der Waals surface area contributed by atoms with E-state index in [1.165, 1.54) is 77.5 Å². The lowest BCUT2D eigenvalue weighted by Crippen LogP contribution is -2.32. The van der Waals surface area contributed by atoms with Gasteiger partial charge in [0, 0.05) is 38.1 Å². The Hall–Kier alpha value is -7.36. The fourth-order valence-corrected chi connectivity index (χ4v) is 12.7. The van der Waals surface area contributed by atoms with Gasteiger partial charge in [-0.15, -0.1) is 0 Å². The monoisotopic (exact) mass is 779 g/mol. The maximum atomic E-state index is 7.59. The number of para-hydroxylation sites is 3. The standard InChI is InChI=1S/C58H37NO2/c1-57(2)43-18-8-9-19-46(43)59(47-31-28-38-36-14-5-10-21-49(36)60-56(38)53(47)57)48-20-11-15-37-39-27-30-45-52(55(39)61-54(37)48)40-26-24-32-22-23-33-25-29-44(51(40)50(32)33)58(45)41-16-6-3-12-34(41)35-13-4-7-17-42(35)58/h3-21,24-31H,22-23H2,1-2H3. The Morgan fingerprint density at radius 2 is 1.03 bits per heavy atom. The predicted molar refractivity (Wildman–Crippen MR) is 249 cm³/mol. The number of fused-ring (bicyclic) bond motifs is 19. The highest BCUT2D eigenvalue weighted by Crippen LogP contribution is 2.64. The van der Waals surface area contributed by atoms with Gasteiger partial charge in [-0.3, -0.25) is 0 Å². The highest BCUT2D eigenvalue weighted by molar-refractivity contribution is 6.20. The van der Waals surface area contributed by atoms with Crippen LogP contribution in [0.4, 0.5) is 17.1 Å². The number of benzene rings is 9. The van der Waals surface area contributed by atoms with E-state index in [0.29, 0.717) is 0 Å². The highest BCUT2D eigenvalue weighted by atomic mass is 16.3.